The second-order valence-electron chi connectivity index (χ2n) is 4.44. The van der Waals surface area contributed by atoms with Crippen LogP contribution in [-0.4, -0.2) is 34.0 Å². The second kappa shape index (κ2) is 6.47. The van der Waals surface area contributed by atoms with Crippen molar-refractivity contribution in [2.24, 2.45) is 0 Å². The fourth-order valence-electron chi connectivity index (χ4n) is 1.73. The van der Waals surface area contributed by atoms with Gasteiger partial charge in [-0.2, -0.15) is 15.0 Å². The molecule has 6 nitrogen and oxygen atoms in total. The summed E-state index contributed by atoms with van der Waals surface area (Å²) in [5.74, 6) is 0.964. The number of hydrogen-bond donors (Lipinski definition) is 1. The molecule has 0 aliphatic carbocycles. The second-order valence-corrected chi connectivity index (χ2v) is 4.78. The van der Waals surface area contributed by atoms with Crippen molar-refractivity contribution >= 4 is 23.5 Å². The zero-order valence-corrected chi connectivity index (χ0v) is 12.5. The van der Waals surface area contributed by atoms with Crippen LogP contribution >= 0.6 is 11.6 Å². The van der Waals surface area contributed by atoms with Crippen LogP contribution in [0.15, 0.2) is 18.3 Å². The molecule has 0 fully saturated rings. The number of halogens is 1. The number of pyridine rings is 1. The molecule has 0 atom stereocenters. The molecule has 0 bridgehead atoms. The van der Waals surface area contributed by atoms with Crippen LogP contribution < -0.4 is 10.2 Å². The van der Waals surface area contributed by atoms with Crippen molar-refractivity contribution in [2.45, 2.75) is 19.9 Å². The minimum absolute atomic E-state index is 0.169. The summed E-state index contributed by atoms with van der Waals surface area (Å²) in [7, 11) is 3.70. The lowest BCUT2D eigenvalue weighted by atomic mass is 10.1. The van der Waals surface area contributed by atoms with Gasteiger partial charge in [-0.15, -0.1) is 0 Å². The molecular weight excluding hydrogens is 276 g/mol. The highest BCUT2D eigenvalue weighted by atomic mass is 35.5. The Morgan fingerprint density at radius 2 is 2.05 bits per heavy atom. The Balaban J connectivity index is 2.14. The molecule has 0 radical (unpaired) electrons. The van der Waals surface area contributed by atoms with Crippen molar-refractivity contribution < 1.29 is 0 Å². The number of aryl methyl sites for hydroxylation is 1. The molecule has 1 N–H and O–H groups in total. The molecule has 7 heteroatoms. The zero-order valence-electron chi connectivity index (χ0n) is 11.8. The molecule has 0 amide bonds. The smallest absolute Gasteiger partial charge is 0.230 e. The van der Waals surface area contributed by atoms with Gasteiger partial charge in [0.05, 0.1) is 12.2 Å². The Morgan fingerprint density at radius 3 is 2.75 bits per heavy atom. The highest BCUT2D eigenvalue weighted by Crippen LogP contribution is 2.13. The number of hydrogen-bond acceptors (Lipinski definition) is 6. The van der Waals surface area contributed by atoms with E-state index >= 15 is 0 Å². The van der Waals surface area contributed by atoms with Gasteiger partial charge in [-0.3, -0.25) is 4.98 Å². The molecule has 2 heterocycles. The lowest BCUT2D eigenvalue weighted by molar-refractivity contribution is 0.919. The summed E-state index contributed by atoms with van der Waals surface area (Å²) in [5.41, 5.74) is 2.19. The summed E-state index contributed by atoms with van der Waals surface area (Å²) >= 11 is 5.89. The number of aromatic nitrogens is 4. The Bertz CT molecular complexity index is 587. The van der Waals surface area contributed by atoms with E-state index in [-0.39, 0.29) is 5.28 Å². The molecule has 0 aliphatic heterocycles. The fourth-order valence-corrected chi connectivity index (χ4v) is 1.89. The predicted molar refractivity (Wildman–Crippen MR) is 80.1 cm³/mol. The van der Waals surface area contributed by atoms with E-state index in [1.54, 1.807) is 11.1 Å². The SMILES string of the molecule is CCc1cccnc1CNc1nc(Cl)nc(N(C)C)n1. The van der Waals surface area contributed by atoms with Crippen molar-refractivity contribution in [1.82, 2.24) is 19.9 Å². The number of nitrogens with zero attached hydrogens (tertiary/aromatic N) is 5. The first kappa shape index (κ1) is 14.5. The van der Waals surface area contributed by atoms with Crippen LogP contribution in [-0.2, 0) is 13.0 Å². The third kappa shape index (κ3) is 3.54. The summed E-state index contributed by atoms with van der Waals surface area (Å²) in [5, 5.41) is 3.31. The highest BCUT2D eigenvalue weighted by Gasteiger charge is 2.07. The maximum Gasteiger partial charge on any atom is 0.230 e. The van der Waals surface area contributed by atoms with Gasteiger partial charge in [0.1, 0.15) is 0 Å². The van der Waals surface area contributed by atoms with Crippen LogP contribution in [0.2, 0.25) is 5.28 Å². The van der Waals surface area contributed by atoms with Gasteiger partial charge < -0.3 is 10.2 Å². The topological polar surface area (TPSA) is 66.8 Å². The molecule has 0 aromatic carbocycles. The molecule has 2 aromatic rings. The van der Waals surface area contributed by atoms with Gasteiger partial charge in [0.25, 0.3) is 0 Å². The Labute approximate surface area is 123 Å². The average molecular weight is 293 g/mol. The maximum atomic E-state index is 5.89. The zero-order chi connectivity index (χ0) is 14.5. The lowest BCUT2D eigenvalue weighted by Gasteiger charge is -2.12. The van der Waals surface area contributed by atoms with E-state index in [1.807, 2.05) is 20.2 Å². The number of nitrogens with one attached hydrogen (secondary N) is 1. The summed E-state index contributed by atoms with van der Waals surface area (Å²) in [6, 6.07) is 4.00. The van der Waals surface area contributed by atoms with Crippen LogP contribution in [0, 0.1) is 0 Å². The Kier molecular flexibility index (Phi) is 4.68. The van der Waals surface area contributed by atoms with Crippen molar-refractivity contribution in [1.29, 1.82) is 0 Å². The lowest BCUT2D eigenvalue weighted by Crippen LogP contribution is -2.15. The summed E-state index contributed by atoms with van der Waals surface area (Å²) in [4.78, 5) is 18.5. The average Bonchev–Trinajstić information content (AvgIpc) is 2.44. The van der Waals surface area contributed by atoms with Crippen LogP contribution in [0.3, 0.4) is 0 Å². The first-order valence-corrected chi connectivity index (χ1v) is 6.73. The molecule has 106 valence electrons. The largest absolute Gasteiger partial charge is 0.348 e. The normalized spacial score (nSPS) is 10.4. The first-order chi connectivity index (χ1) is 9.60. The maximum absolute atomic E-state index is 5.89. The molecule has 0 unspecified atom stereocenters. The van der Waals surface area contributed by atoms with Crippen LogP contribution in [0.4, 0.5) is 11.9 Å². The van der Waals surface area contributed by atoms with Crippen LogP contribution in [0.5, 0.6) is 0 Å². The van der Waals surface area contributed by atoms with Gasteiger partial charge >= 0.3 is 0 Å². The third-order valence-electron chi connectivity index (χ3n) is 2.78. The van der Waals surface area contributed by atoms with E-state index in [2.05, 4.69) is 38.2 Å². The van der Waals surface area contributed by atoms with Gasteiger partial charge in [-0.05, 0) is 29.7 Å². The van der Waals surface area contributed by atoms with E-state index in [0.29, 0.717) is 18.4 Å². The predicted octanol–water partition coefficient (Wildman–Crippen LogP) is 2.16. The van der Waals surface area contributed by atoms with Gasteiger partial charge in [-0.1, -0.05) is 13.0 Å². The Hall–Kier alpha value is -1.95. The van der Waals surface area contributed by atoms with Crippen LogP contribution in [0.1, 0.15) is 18.2 Å². The minimum atomic E-state index is 0.169. The van der Waals surface area contributed by atoms with Crippen molar-refractivity contribution in [2.75, 3.05) is 24.3 Å². The third-order valence-corrected chi connectivity index (χ3v) is 2.94. The van der Waals surface area contributed by atoms with E-state index < -0.39 is 0 Å². The molecular formula is C13H17ClN6. The summed E-state index contributed by atoms with van der Waals surface area (Å²) in [6.07, 6.45) is 2.72. The molecule has 20 heavy (non-hydrogen) atoms. The first-order valence-electron chi connectivity index (χ1n) is 6.35. The molecule has 0 saturated heterocycles. The van der Waals surface area contributed by atoms with Gasteiger partial charge in [-0.25, -0.2) is 0 Å². The monoisotopic (exact) mass is 292 g/mol. The summed E-state index contributed by atoms with van der Waals surface area (Å²) < 4.78 is 0. The van der Waals surface area contributed by atoms with Crippen molar-refractivity contribution in [3.8, 4) is 0 Å². The quantitative estimate of drug-likeness (QED) is 0.911. The number of anilines is 2. The van der Waals surface area contributed by atoms with E-state index in [4.69, 9.17) is 11.6 Å². The molecule has 0 spiro atoms. The molecule has 0 aliphatic rings. The number of rotatable bonds is 5. The molecule has 2 aromatic heterocycles. The van der Waals surface area contributed by atoms with Crippen LogP contribution in [0.25, 0.3) is 0 Å². The summed E-state index contributed by atoms with van der Waals surface area (Å²) in [6.45, 7) is 2.65. The van der Waals surface area contributed by atoms with Crippen molar-refractivity contribution in [3.05, 3.63) is 34.9 Å². The van der Waals surface area contributed by atoms with Gasteiger partial charge in [0.2, 0.25) is 17.2 Å². The van der Waals surface area contributed by atoms with Gasteiger partial charge in [0, 0.05) is 20.3 Å². The molecule has 0 saturated carbocycles. The highest BCUT2D eigenvalue weighted by molar-refractivity contribution is 6.28. The molecule has 2 rings (SSSR count). The standard InChI is InChI=1S/C13H17ClN6/c1-4-9-6-5-7-15-10(9)8-16-12-17-11(14)18-13(19-12)20(2)3/h5-7H,4,8H2,1-3H3,(H,16,17,18,19). The fraction of sp³-hybridized carbons (Fsp3) is 0.385. The van der Waals surface area contributed by atoms with Crippen molar-refractivity contribution in [3.63, 3.8) is 0 Å². The van der Waals surface area contributed by atoms with Gasteiger partial charge in [0.15, 0.2) is 0 Å². The van der Waals surface area contributed by atoms with E-state index in [0.717, 1.165) is 12.1 Å². The van der Waals surface area contributed by atoms with E-state index in [9.17, 15) is 0 Å². The van der Waals surface area contributed by atoms with E-state index in [1.165, 1.54) is 5.56 Å². The minimum Gasteiger partial charge on any atom is -0.348 e. The Morgan fingerprint density at radius 1 is 1.25 bits per heavy atom.